The third-order valence-corrected chi connectivity index (χ3v) is 5.27. The van der Waals surface area contributed by atoms with Crippen molar-refractivity contribution in [2.45, 2.75) is 4.21 Å². The van der Waals surface area contributed by atoms with Gasteiger partial charge in [-0.25, -0.2) is 18.4 Å². The van der Waals surface area contributed by atoms with E-state index in [1.54, 1.807) is 29.6 Å². The van der Waals surface area contributed by atoms with E-state index in [0.29, 0.717) is 16.7 Å². The molecule has 0 radical (unpaired) electrons. The van der Waals surface area contributed by atoms with Gasteiger partial charge >= 0.3 is 0 Å². The van der Waals surface area contributed by atoms with Crippen LogP contribution in [-0.4, -0.2) is 18.4 Å². The Morgan fingerprint density at radius 2 is 1.89 bits per heavy atom. The van der Waals surface area contributed by atoms with Gasteiger partial charge in [-0.15, -0.1) is 11.3 Å². The third-order valence-electron chi connectivity index (χ3n) is 2.53. The highest BCUT2D eigenvalue weighted by Gasteiger charge is 2.17. The van der Waals surface area contributed by atoms with Crippen molar-refractivity contribution in [3.05, 3.63) is 48.1 Å². The van der Waals surface area contributed by atoms with Gasteiger partial charge in [-0.2, -0.15) is 0 Å². The summed E-state index contributed by atoms with van der Waals surface area (Å²) in [5.41, 5.74) is 0.696. The van der Waals surface area contributed by atoms with Gasteiger partial charge in [0.25, 0.3) is 10.0 Å². The fourth-order valence-electron chi connectivity index (χ4n) is 1.68. The molecular weight excluding hydrogens is 282 g/mol. The number of nitrogens with one attached hydrogen (secondary N) is 1. The lowest BCUT2D eigenvalue weighted by molar-refractivity contribution is 0.603. The first kappa shape index (κ1) is 12.1. The van der Waals surface area contributed by atoms with Gasteiger partial charge in [0.2, 0.25) is 0 Å². The number of fused-ring (bicyclic) bond motifs is 1. The van der Waals surface area contributed by atoms with Crippen molar-refractivity contribution < 1.29 is 8.42 Å². The molecule has 5 nitrogen and oxygen atoms in total. The van der Waals surface area contributed by atoms with Crippen LogP contribution in [0.2, 0.25) is 0 Å². The van der Waals surface area contributed by atoms with E-state index in [4.69, 9.17) is 0 Å². The van der Waals surface area contributed by atoms with Crippen molar-refractivity contribution in [1.82, 2.24) is 9.97 Å². The van der Waals surface area contributed by atoms with E-state index in [9.17, 15) is 8.42 Å². The van der Waals surface area contributed by atoms with Crippen LogP contribution in [0.3, 0.4) is 0 Å². The van der Waals surface area contributed by atoms with Gasteiger partial charge in [-0.05, 0) is 23.6 Å². The number of para-hydroxylation sites is 1. The van der Waals surface area contributed by atoms with Gasteiger partial charge in [0.15, 0.2) is 5.82 Å². The Bertz CT molecular complexity index is 809. The van der Waals surface area contributed by atoms with E-state index in [-0.39, 0.29) is 4.21 Å². The first-order chi connectivity index (χ1) is 9.17. The van der Waals surface area contributed by atoms with Crippen LogP contribution < -0.4 is 4.72 Å². The Hall–Kier alpha value is -1.99. The highest BCUT2D eigenvalue weighted by Crippen LogP contribution is 2.23. The van der Waals surface area contributed by atoms with Crippen LogP contribution in [0, 0.1) is 0 Å². The Balaban J connectivity index is 2.07. The van der Waals surface area contributed by atoms with Crippen LogP contribution in [0.1, 0.15) is 0 Å². The molecular formula is C12H9N3O2S2. The molecule has 0 spiro atoms. The predicted octanol–water partition coefficient (Wildman–Crippen LogP) is 2.49. The third kappa shape index (κ3) is 2.29. The lowest BCUT2D eigenvalue weighted by atomic mass is 10.2. The zero-order valence-corrected chi connectivity index (χ0v) is 11.3. The number of aromatic nitrogens is 2. The Morgan fingerprint density at radius 1 is 1.05 bits per heavy atom. The van der Waals surface area contributed by atoms with E-state index in [0.717, 1.165) is 11.3 Å². The van der Waals surface area contributed by atoms with Crippen molar-refractivity contribution in [2.24, 2.45) is 0 Å². The molecule has 0 saturated carbocycles. The zero-order chi connectivity index (χ0) is 13.3. The summed E-state index contributed by atoms with van der Waals surface area (Å²) in [4.78, 5) is 8.10. The van der Waals surface area contributed by atoms with Gasteiger partial charge in [-0.1, -0.05) is 18.2 Å². The molecule has 19 heavy (non-hydrogen) atoms. The zero-order valence-electron chi connectivity index (χ0n) is 9.65. The first-order valence-corrected chi connectivity index (χ1v) is 7.79. The minimum Gasteiger partial charge on any atom is -0.262 e. The van der Waals surface area contributed by atoms with Crippen LogP contribution in [0.4, 0.5) is 5.82 Å². The lowest BCUT2D eigenvalue weighted by Crippen LogP contribution is -2.13. The second-order valence-corrected chi connectivity index (χ2v) is 6.63. The molecule has 2 aromatic heterocycles. The van der Waals surface area contributed by atoms with Gasteiger partial charge in [0.05, 0.1) is 5.52 Å². The van der Waals surface area contributed by atoms with Gasteiger partial charge in [0, 0.05) is 5.39 Å². The molecule has 0 saturated heterocycles. The van der Waals surface area contributed by atoms with E-state index in [2.05, 4.69) is 14.7 Å². The van der Waals surface area contributed by atoms with Gasteiger partial charge < -0.3 is 0 Å². The lowest BCUT2D eigenvalue weighted by Gasteiger charge is -2.07. The summed E-state index contributed by atoms with van der Waals surface area (Å²) in [7, 11) is -3.58. The van der Waals surface area contributed by atoms with Crippen LogP contribution in [0.25, 0.3) is 10.9 Å². The predicted molar refractivity (Wildman–Crippen MR) is 74.7 cm³/mol. The fraction of sp³-hybridized carbons (Fsp3) is 0. The van der Waals surface area contributed by atoms with Crippen LogP contribution >= 0.6 is 11.3 Å². The molecule has 7 heteroatoms. The summed E-state index contributed by atoms with van der Waals surface area (Å²) in [5, 5.41) is 2.39. The number of benzene rings is 1. The molecule has 0 amide bonds. The number of hydrogen-bond acceptors (Lipinski definition) is 5. The van der Waals surface area contributed by atoms with E-state index < -0.39 is 10.0 Å². The van der Waals surface area contributed by atoms with Crippen LogP contribution in [0.15, 0.2) is 52.3 Å². The molecule has 3 aromatic rings. The molecule has 0 unspecified atom stereocenters. The monoisotopic (exact) mass is 291 g/mol. The summed E-state index contributed by atoms with van der Waals surface area (Å²) in [6, 6.07) is 10.5. The molecule has 0 aliphatic rings. The smallest absolute Gasteiger partial charge is 0.262 e. The number of hydrogen-bond donors (Lipinski definition) is 1. The molecule has 0 aliphatic heterocycles. The van der Waals surface area contributed by atoms with Crippen molar-refractivity contribution >= 4 is 38.1 Å². The minimum absolute atomic E-state index is 0.259. The second-order valence-electron chi connectivity index (χ2n) is 3.78. The van der Waals surface area contributed by atoms with Gasteiger partial charge in [0.1, 0.15) is 10.5 Å². The molecule has 0 aliphatic carbocycles. The average Bonchev–Trinajstić information content (AvgIpc) is 2.93. The molecule has 1 aromatic carbocycles. The number of anilines is 1. The Labute approximate surface area is 114 Å². The van der Waals surface area contributed by atoms with Crippen molar-refractivity contribution in [3.63, 3.8) is 0 Å². The van der Waals surface area contributed by atoms with E-state index in [1.165, 1.54) is 6.33 Å². The molecule has 0 fully saturated rings. The molecule has 3 rings (SSSR count). The summed E-state index contributed by atoms with van der Waals surface area (Å²) in [5.74, 6) is 0.291. The van der Waals surface area contributed by atoms with Crippen LogP contribution in [-0.2, 0) is 10.0 Å². The summed E-state index contributed by atoms with van der Waals surface area (Å²) < 4.78 is 27.0. The molecule has 0 atom stereocenters. The summed E-state index contributed by atoms with van der Waals surface area (Å²) in [6.07, 6.45) is 1.34. The van der Waals surface area contributed by atoms with Crippen molar-refractivity contribution in [2.75, 3.05) is 4.72 Å². The molecule has 2 heterocycles. The summed E-state index contributed by atoms with van der Waals surface area (Å²) >= 11 is 1.16. The Morgan fingerprint density at radius 3 is 2.68 bits per heavy atom. The number of sulfonamides is 1. The largest absolute Gasteiger partial charge is 0.272 e. The Kier molecular flexibility index (Phi) is 2.92. The van der Waals surface area contributed by atoms with Crippen molar-refractivity contribution in [1.29, 1.82) is 0 Å². The maximum absolute atomic E-state index is 12.1. The standard InChI is InChI=1S/C12H9N3O2S2/c16-19(17,11-6-3-7-18-11)15-12-9-4-1-2-5-10(9)13-8-14-12/h1-8H,(H,13,14,15). The van der Waals surface area contributed by atoms with E-state index >= 15 is 0 Å². The normalized spacial score (nSPS) is 11.6. The number of nitrogens with zero attached hydrogens (tertiary/aromatic N) is 2. The highest BCUT2D eigenvalue weighted by molar-refractivity contribution is 7.94. The average molecular weight is 291 g/mol. The van der Waals surface area contributed by atoms with E-state index in [1.807, 2.05) is 12.1 Å². The summed E-state index contributed by atoms with van der Waals surface area (Å²) in [6.45, 7) is 0. The number of rotatable bonds is 3. The highest BCUT2D eigenvalue weighted by atomic mass is 32.2. The first-order valence-electron chi connectivity index (χ1n) is 5.43. The van der Waals surface area contributed by atoms with Crippen molar-refractivity contribution in [3.8, 4) is 0 Å². The molecule has 0 bridgehead atoms. The maximum atomic E-state index is 12.1. The fourth-order valence-corrected chi connectivity index (χ4v) is 3.70. The van der Waals surface area contributed by atoms with Gasteiger partial charge in [-0.3, -0.25) is 4.72 Å². The minimum atomic E-state index is -3.58. The molecule has 1 N–H and O–H groups in total. The quantitative estimate of drug-likeness (QED) is 0.804. The topological polar surface area (TPSA) is 72.0 Å². The van der Waals surface area contributed by atoms with Crippen LogP contribution in [0.5, 0.6) is 0 Å². The SMILES string of the molecule is O=S(=O)(Nc1ncnc2ccccc12)c1cccs1. The molecule has 96 valence electrons. The second kappa shape index (κ2) is 4.60. The maximum Gasteiger partial charge on any atom is 0.272 e. The number of thiophene rings is 1.